The highest BCUT2D eigenvalue weighted by Gasteiger charge is 2.38. The Bertz CT molecular complexity index is 268. The van der Waals surface area contributed by atoms with E-state index < -0.39 is 8.32 Å². The zero-order valence-corrected chi connectivity index (χ0v) is 17.1. The Morgan fingerprint density at radius 1 is 1.26 bits per heavy atom. The van der Waals surface area contributed by atoms with Gasteiger partial charge >= 0.3 is 0 Å². The smallest absolute Gasteiger partial charge is 0.192 e. The van der Waals surface area contributed by atoms with Crippen molar-refractivity contribution in [1.82, 2.24) is 0 Å². The Morgan fingerprint density at radius 2 is 1.84 bits per heavy atom. The van der Waals surface area contributed by atoms with E-state index in [0.29, 0.717) is 6.10 Å². The molecule has 0 saturated carbocycles. The highest BCUT2D eigenvalue weighted by molar-refractivity contribution is 14.1. The number of hydrogen-bond acceptors (Lipinski definition) is 1. The van der Waals surface area contributed by atoms with Gasteiger partial charge in [0.05, 0.1) is 6.10 Å². The first kappa shape index (κ1) is 19.6. The Hall–Kier alpha value is 0.647. The van der Waals surface area contributed by atoms with Crippen LogP contribution in [0.2, 0.25) is 18.1 Å². The normalized spacial score (nSPS) is 16.8. The van der Waals surface area contributed by atoms with Crippen molar-refractivity contribution in [2.45, 2.75) is 84.5 Å². The number of unbranched alkanes of at least 4 members (excludes halogenated alkanes) is 1. The summed E-state index contributed by atoms with van der Waals surface area (Å²) in [7, 11) is -1.66. The molecule has 0 aliphatic carbocycles. The molecule has 0 saturated heterocycles. The summed E-state index contributed by atoms with van der Waals surface area (Å²) in [6.07, 6.45) is 7.64. The fourth-order valence-electron chi connectivity index (χ4n) is 1.87. The molecular formula is C16H33IOSi. The largest absolute Gasteiger partial charge is 0.411 e. The third-order valence-electron chi connectivity index (χ3n) is 4.22. The Labute approximate surface area is 135 Å². The van der Waals surface area contributed by atoms with Crippen LogP contribution in [0.15, 0.2) is 10.2 Å². The topological polar surface area (TPSA) is 9.23 Å². The number of hydrogen-bond donors (Lipinski definition) is 0. The minimum atomic E-state index is -1.66. The van der Waals surface area contributed by atoms with Crippen molar-refractivity contribution in [3.63, 3.8) is 0 Å². The highest BCUT2D eigenvalue weighted by atomic mass is 127. The summed E-state index contributed by atoms with van der Waals surface area (Å²) in [5.74, 6) is 0.752. The monoisotopic (exact) mass is 396 g/mol. The van der Waals surface area contributed by atoms with Crippen LogP contribution >= 0.6 is 22.6 Å². The van der Waals surface area contributed by atoms with Crippen LogP contribution in [0.5, 0.6) is 0 Å². The lowest BCUT2D eigenvalue weighted by Gasteiger charge is -2.39. The van der Waals surface area contributed by atoms with Crippen LogP contribution < -0.4 is 0 Å². The number of halogens is 1. The van der Waals surface area contributed by atoms with Gasteiger partial charge in [-0.25, -0.2) is 0 Å². The molecule has 0 heterocycles. The van der Waals surface area contributed by atoms with Gasteiger partial charge in [0.1, 0.15) is 0 Å². The minimum Gasteiger partial charge on any atom is -0.411 e. The van der Waals surface area contributed by atoms with E-state index in [1.807, 2.05) is 0 Å². The first-order chi connectivity index (χ1) is 8.64. The highest BCUT2D eigenvalue weighted by Crippen LogP contribution is 2.38. The van der Waals surface area contributed by atoms with Crippen LogP contribution in [0.25, 0.3) is 0 Å². The van der Waals surface area contributed by atoms with Gasteiger partial charge in [-0.1, -0.05) is 82.5 Å². The van der Waals surface area contributed by atoms with Gasteiger partial charge in [-0.15, -0.1) is 0 Å². The molecule has 0 bridgehead atoms. The first-order valence-corrected chi connectivity index (χ1v) is 11.7. The van der Waals surface area contributed by atoms with Gasteiger partial charge in [0.15, 0.2) is 8.32 Å². The SMILES string of the molecule is CCCC[C@@H](C)C[C@@H](/C=C/I)O[Si](C)(C)C(C)(C)C. The first-order valence-electron chi connectivity index (χ1n) is 7.58. The molecule has 0 aliphatic heterocycles. The number of rotatable bonds is 8. The summed E-state index contributed by atoms with van der Waals surface area (Å²) in [5, 5.41) is 0.289. The van der Waals surface area contributed by atoms with Crippen LogP contribution in [-0.2, 0) is 4.43 Å². The molecule has 1 nitrogen and oxygen atoms in total. The van der Waals surface area contributed by atoms with E-state index in [2.05, 4.69) is 80.5 Å². The average molecular weight is 396 g/mol. The molecule has 0 rings (SSSR count). The summed E-state index contributed by atoms with van der Waals surface area (Å²) in [6.45, 7) is 16.2. The quantitative estimate of drug-likeness (QED) is 0.334. The molecule has 2 atom stereocenters. The summed E-state index contributed by atoms with van der Waals surface area (Å²) in [5.41, 5.74) is 0. The lowest BCUT2D eigenvalue weighted by Crippen LogP contribution is -2.43. The second-order valence-corrected chi connectivity index (χ2v) is 12.7. The summed E-state index contributed by atoms with van der Waals surface area (Å²) >= 11 is 2.31. The van der Waals surface area contributed by atoms with Gasteiger partial charge in [-0.05, 0) is 34.6 Å². The maximum atomic E-state index is 6.54. The molecule has 0 aromatic rings. The van der Waals surface area contributed by atoms with Gasteiger partial charge in [-0.2, -0.15) is 0 Å². The molecule has 0 spiro atoms. The van der Waals surface area contributed by atoms with Crippen molar-refractivity contribution in [3.05, 3.63) is 10.2 Å². The van der Waals surface area contributed by atoms with Crippen molar-refractivity contribution in [3.8, 4) is 0 Å². The third kappa shape index (κ3) is 7.86. The van der Waals surface area contributed by atoms with Gasteiger partial charge in [0.2, 0.25) is 0 Å². The van der Waals surface area contributed by atoms with Crippen molar-refractivity contribution < 1.29 is 4.43 Å². The van der Waals surface area contributed by atoms with E-state index in [9.17, 15) is 0 Å². The van der Waals surface area contributed by atoms with E-state index >= 15 is 0 Å². The molecule has 3 heteroatoms. The van der Waals surface area contributed by atoms with E-state index in [1.165, 1.54) is 19.3 Å². The molecule has 0 fully saturated rings. The fourth-order valence-corrected chi connectivity index (χ4v) is 3.62. The lowest BCUT2D eigenvalue weighted by molar-refractivity contribution is 0.191. The van der Waals surface area contributed by atoms with Crippen LogP contribution in [0.1, 0.15) is 60.3 Å². The molecule has 0 aliphatic rings. The minimum absolute atomic E-state index is 0.289. The molecule has 0 unspecified atom stereocenters. The summed E-state index contributed by atoms with van der Waals surface area (Å²) in [6, 6.07) is 0. The standard InChI is InChI=1S/C16H33IOSi/c1-8-9-10-14(2)13-15(11-12-17)18-19(6,7)16(3,4)5/h11-12,14-15H,8-10,13H2,1-7H3/b12-11+/t14-,15-/m1/s1. The second-order valence-electron chi connectivity index (χ2n) is 7.22. The van der Waals surface area contributed by atoms with Gasteiger partial charge < -0.3 is 4.43 Å². The van der Waals surface area contributed by atoms with Crippen molar-refractivity contribution in [2.24, 2.45) is 5.92 Å². The van der Waals surface area contributed by atoms with Crippen molar-refractivity contribution in [1.29, 1.82) is 0 Å². The Morgan fingerprint density at radius 3 is 2.26 bits per heavy atom. The third-order valence-corrected chi connectivity index (χ3v) is 9.14. The van der Waals surface area contributed by atoms with E-state index in [4.69, 9.17) is 4.43 Å². The van der Waals surface area contributed by atoms with Crippen molar-refractivity contribution >= 4 is 30.9 Å². The molecule has 114 valence electrons. The summed E-state index contributed by atoms with van der Waals surface area (Å²) < 4.78 is 8.65. The van der Waals surface area contributed by atoms with Crippen LogP contribution in [-0.4, -0.2) is 14.4 Å². The van der Waals surface area contributed by atoms with Gasteiger partial charge in [-0.3, -0.25) is 0 Å². The Kier molecular flexibility index (Phi) is 9.13. The molecular weight excluding hydrogens is 363 g/mol. The van der Waals surface area contributed by atoms with Crippen molar-refractivity contribution in [2.75, 3.05) is 0 Å². The van der Waals surface area contributed by atoms with Gasteiger partial charge in [0, 0.05) is 0 Å². The maximum absolute atomic E-state index is 6.54. The molecule has 19 heavy (non-hydrogen) atoms. The second kappa shape index (κ2) is 8.83. The predicted molar refractivity (Wildman–Crippen MR) is 98.5 cm³/mol. The van der Waals surface area contributed by atoms with E-state index in [1.54, 1.807) is 0 Å². The molecule has 0 N–H and O–H groups in total. The van der Waals surface area contributed by atoms with E-state index in [0.717, 1.165) is 12.3 Å². The fraction of sp³-hybridized carbons (Fsp3) is 0.875. The Balaban J connectivity index is 4.58. The van der Waals surface area contributed by atoms with Crippen LogP contribution in [0.3, 0.4) is 0 Å². The van der Waals surface area contributed by atoms with Crippen LogP contribution in [0.4, 0.5) is 0 Å². The molecule has 0 aromatic heterocycles. The zero-order valence-electron chi connectivity index (χ0n) is 13.9. The lowest BCUT2D eigenvalue weighted by atomic mass is 9.98. The predicted octanol–water partition coefficient (Wildman–Crippen LogP) is 6.54. The summed E-state index contributed by atoms with van der Waals surface area (Å²) in [4.78, 5) is 0. The molecule has 0 radical (unpaired) electrons. The van der Waals surface area contributed by atoms with Crippen LogP contribution in [0, 0.1) is 5.92 Å². The van der Waals surface area contributed by atoms with Gasteiger partial charge in [0.25, 0.3) is 0 Å². The zero-order chi connectivity index (χ0) is 15.1. The average Bonchev–Trinajstić information content (AvgIpc) is 2.24. The van der Waals surface area contributed by atoms with E-state index in [-0.39, 0.29) is 5.04 Å². The molecule has 0 aromatic carbocycles. The maximum Gasteiger partial charge on any atom is 0.192 e. The molecule has 0 amide bonds.